The molecule has 2 rings (SSSR count). The molecule has 0 bridgehead atoms. The van der Waals surface area contributed by atoms with Crippen LogP contribution in [0.15, 0.2) is 11.8 Å². The Labute approximate surface area is 125 Å². The van der Waals surface area contributed by atoms with Gasteiger partial charge in [0.2, 0.25) is 0 Å². The minimum atomic E-state index is 0.545. The van der Waals surface area contributed by atoms with Crippen LogP contribution in [0.2, 0.25) is 0 Å². The van der Waals surface area contributed by atoms with Gasteiger partial charge >= 0.3 is 0 Å². The van der Waals surface area contributed by atoms with Crippen molar-refractivity contribution in [1.29, 1.82) is 0 Å². The molecule has 20 heavy (non-hydrogen) atoms. The summed E-state index contributed by atoms with van der Waals surface area (Å²) in [5.41, 5.74) is 3.78. The number of fused-ring (bicyclic) bond motifs is 1. The Bertz CT molecular complexity index is 605. The Morgan fingerprint density at radius 1 is 1.45 bits per heavy atom. The summed E-state index contributed by atoms with van der Waals surface area (Å²) in [5, 5.41) is 3.51. The van der Waals surface area contributed by atoms with Crippen LogP contribution < -0.4 is 5.32 Å². The van der Waals surface area contributed by atoms with E-state index in [0.717, 1.165) is 23.7 Å². The Balaban J connectivity index is 2.34. The largest absolute Gasteiger partial charge is 0.313 e. The Morgan fingerprint density at radius 2 is 2.20 bits per heavy atom. The summed E-state index contributed by atoms with van der Waals surface area (Å²) in [7, 11) is 0. The summed E-state index contributed by atoms with van der Waals surface area (Å²) >= 11 is 1.75. The highest BCUT2D eigenvalue weighted by atomic mass is 32.1. The van der Waals surface area contributed by atoms with Gasteiger partial charge in [0.25, 0.3) is 0 Å². The fourth-order valence-corrected chi connectivity index (χ4v) is 3.14. The molecule has 1 N–H and O–H groups in total. The highest BCUT2D eigenvalue weighted by molar-refractivity contribution is 7.17. The minimum absolute atomic E-state index is 0.545. The van der Waals surface area contributed by atoms with Gasteiger partial charge < -0.3 is 5.32 Å². The average molecular weight is 291 g/mol. The standard InChI is InChI=1S/C16H25N3S/c1-6-7-17-9-14(11(2)3)8-15-13(5)18-16-19(15)10-12(4)20-16/h8,10-11,17H,6-7,9H2,1-5H3. The van der Waals surface area contributed by atoms with Crippen molar-refractivity contribution in [2.24, 2.45) is 5.92 Å². The summed E-state index contributed by atoms with van der Waals surface area (Å²) in [6.45, 7) is 13.0. The molecule has 0 atom stereocenters. The first-order chi connectivity index (χ1) is 9.52. The maximum atomic E-state index is 4.66. The number of nitrogens with one attached hydrogen (secondary N) is 1. The lowest BCUT2D eigenvalue weighted by molar-refractivity contribution is 0.656. The molecule has 0 saturated heterocycles. The zero-order valence-corrected chi connectivity index (χ0v) is 14.0. The van der Waals surface area contributed by atoms with E-state index in [1.54, 1.807) is 11.3 Å². The highest BCUT2D eigenvalue weighted by Gasteiger charge is 2.11. The van der Waals surface area contributed by atoms with Crippen molar-refractivity contribution < 1.29 is 0 Å². The lowest BCUT2D eigenvalue weighted by Crippen LogP contribution is -2.20. The van der Waals surface area contributed by atoms with E-state index in [1.807, 2.05) is 0 Å². The second-order valence-corrected chi connectivity index (χ2v) is 6.84. The van der Waals surface area contributed by atoms with E-state index >= 15 is 0 Å². The monoisotopic (exact) mass is 291 g/mol. The number of hydrogen-bond acceptors (Lipinski definition) is 3. The van der Waals surface area contributed by atoms with Gasteiger partial charge in [0, 0.05) is 17.6 Å². The molecule has 2 heterocycles. The molecule has 0 saturated carbocycles. The lowest BCUT2D eigenvalue weighted by atomic mass is 10.0. The van der Waals surface area contributed by atoms with Crippen LogP contribution in [0.25, 0.3) is 11.0 Å². The van der Waals surface area contributed by atoms with Crippen molar-refractivity contribution >= 4 is 22.4 Å². The van der Waals surface area contributed by atoms with Gasteiger partial charge in [0.1, 0.15) is 0 Å². The Morgan fingerprint density at radius 3 is 2.85 bits per heavy atom. The third-order valence-electron chi connectivity index (χ3n) is 3.48. The van der Waals surface area contributed by atoms with E-state index in [-0.39, 0.29) is 0 Å². The molecule has 0 amide bonds. The summed E-state index contributed by atoms with van der Waals surface area (Å²) in [4.78, 5) is 7.06. The SMILES string of the molecule is CCCNCC(=Cc1c(C)nc2sc(C)cn12)C(C)C. The molecule has 3 nitrogen and oxygen atoms in total. The van der Waals surface area contributed by atoms with Crippen LogP contribution in [0.3, 0.4) is 0 Å². The smallest absolute Gasteiger partial charge is 0.194 e. The fraction of sp³-hybridized carbons (Fsp3) is 0.562. The molecule has 0 radical (unpaired) electrons. The van der Waals surface area contributed by atoms with Crippen molar-refractivity contribution in [3.8, 4) is 0 Å². The molecule has 2 aromatic heterocycles. The second kappa shape index (κ2) is 6.55. The zero-order valence-electron chi connectivity index (χ0n) is 13.2. The lowest BCUT2D eigenvalue weighted by Gasteiger charge is -2.12. The van der Waals surface area contributed by atoms with Crippen molar-refractivity contribution in [3.05, 3.63) is 28.0 Å². The maximum Gasteiger partial charge on any atom is 0.194 e. The molecule has 2 aromatic rings. The van der Waals surface area contributed by atoms with Crippen LogP contribution in [0.1, 0.15) is 43.5 Å². The van der Waals surface area contributed by atoms with Crippen LogP contribution in [0.4, 0.5) is 0 Å². The molecule has 4 heteroatoms. The summed E-state index contributed by atoms with van der Waals surface area (Å²) in [6.07, 6.45) is 5.67. The summed E-state index contributed by atoms with van der Waals surface area (Å²) in [6, 6.07) is 0. The molecule has 0 unspecified atom stereocenters. The molecule has 110 valence electrons. The first kappa shape index (κ1) is 15.3. The van der Waals surface area contributed by atoms with Gasteiger partial charge in [-0.1, -0.05) is 26.3 Å². The predicted molar refractivity (Wildman–Crippen MR) is 88.5 cm³/mol. The normalized spacial score (nSPS) is 12.8. The number of nitrogens with zero attached hydrogens (tertiary/aromatic N) is 2. The molecule has 0 spiro atoms. The van der Waals surface area contributed by atoms with E-state index in [1.165, 1.54) is 22.6 Å². The van der Waals surface area contributed by atoms with Crippen molar-refractivity contribution in [2.45, 2.75) is 41.0 Å². The molecule has 0 aliphatic carbocycles. The number of hydrogen-bond donors (Lipinski definition) is 1. The van der Waals surface area contributed by atoms with Crippen LogP contribution >= 0.6 is 11.3 Å². The third kappa shape index (κ3) is 3.30. The van der Waals surface area contributed by atoms with Gasteiger partial charge in [-0.25, -0.2) is 4.98 Å². The van der Waals surface area contributed by atoms with Crippen molar-refractivity contribution in [2.75, 3.05) is 13.1 Å². The predicted octanol–water partition coefficient (Wildman–Crippen LogP) is 4.05. The van der Waals surface area contributed by atoms with Gasteiger partial charge in [0.15, 0.2) is 4.96 Å². The molecular weight excluding hydrogens is 266 g/mol. The molecule has 0 fully saturated rings. The molecule has 0 aliphatic rings. The molecular formula is C16H25N3S. The Kier molecular flexibility index (Phi) is 5.00. The minimum Gasteiger partial charge on any atom is -0.313 e. The van der Waals surface area contributed by atoms with Gasteiger partial charge in [-0.3, -0.25) is 4.40 Å². The first-order valence-corrected chi connectivity index (χ1v) is 8.20. The first-order valence-electron chi connectivity index (χ1n) is 7.39. The Hall–Kier alpha value is -1.13. The topological polar surface area (TPSA) is 29.3 Å². The average Bonchev–Trinajstić information content (AvgIpc) is 2.85. The number of thiazole rings is 1. The number of imidazole rings is 1. The zero-order chi connectivity index (χ0) is 14.7. The van der Waals surface area contributed by atoms with Crippen LogP contribution in [-0.2, 0) is 0 Å². The molecule has 0 aliphatic heterocycles. The molecule has 0 aromatic carbocycles. The van der Waals surface area contributed by atoms with Crippen molar-refractivity contribution in [1.82, 2.24) is 14.7 Å². The van der Waals surface area contributed by atoms with Crippen molar-refractivity contribution in [3.63, 3.8) is 0 Å². The number of rotatable bonds is 6. The summed E-state index contributed by atoms with van der Waals surface area (Å²) in [5.74, 6) is 0.545. The van der Waals surface area contributed by atoms with Crippen LogP contribution in [0.5, 0.6) is 0 Å². The van der Waals surface area contributed by atoms with Crippen LogP contribution in [-0.4, -0.2) is 22.5 Å². The maximum absolute atomic E-state index is 4.66. The number of aryl methyl sites for hydroxylation is 2. The van der Waals surface area contributed by atoms with Gasteiger partial charge in [0.05, 0.1) is 11.4 Å². The van der Waals surface area contributed by atoms with E-state index in [2.05, 4.69) is 61.6 Å². The summed E-state index contributed by atoms with van der Waals surface area (Å²) < 4.78 is 2.22. The highest BCUT2D eigenvalue weighted by Crippen LogP contribution is 2.23. The van der Waals surface area contributed by atoms with Gasteiger partial charge in [-0.15, -0.1) is 11.3 Å². The second-order valence-electron chi connectivity index (χ2n) is 5.63. The van der Waals surface area contributed by atoms with E-state index < -0.39 is 0 Å². The van der Waals surface area contributed by atoms with E-state index in [9.17, 15) is 0 Å². The number of aromatic nitrogens is 2. The van der Waals surface area contributed by atoms with Gasteiger partial charge in [-0.05, 0) is 38.8 Å². The quantitative estimate of drug-likeness (QED) is 0.814. The van der Waals surface area contributed by atoms with Crippen LogP contribution in [0, 0.1) is 19.8 Å². The fourth-order valence-electron chi connectivity index (χ4n) is 2.26. The van der Waals surface area contributed by atoms with E-state index in [0.29, 0.717) is 5.92 Å². The third-order valence-corrected chi connectivity index (χ3v) is 4.38. The van der Waals surface area contributed by atoms with Gasteiger partial charge in [-0.2, -0.15) is 0 Å². The van der Waals surface area contributed by atoms with E-state index in [4.69, 9.17) is 0 Å².